The van der Waals surface area contributed by atoms with E-state index in [1.165, 1.54) is 71.1 Å². The lowest BCUT2D eigenvalue weighted by molar-refractivity contribution is -0.397. The van der Waals surface area contributed by atoms with Crippen LogP contribution in [0.5, 0.6) is 0 Å². The van der Waals surface area contributed by atoms with Crippen molar-refractivity contribution in [3.8, 4) is 0 Å². The van der Waals surface area contributed by atoms with Crippen LogP contribution < -0.4 is 0 Å². The van der Waals surface area contributed by atoms with Crippen molar-refractivity contribution in [3.63, 3.8) is 0 Å². The molecule has 25 nitrogen and oxygen atoms in total. The summed E-state index contributed by atoms with van der Waals surface area (Å²) >= 11 is 0. The Hall–Kier alpha value is -1.78. The predicted octanol–water partition coefficient (Wildman–Crippen LogP) is -0.127. The summed E-state index contributed by atoms with van der Waals surface area (Å²) in [5.74, 6) is 0. The molecule has 440 valence electrons. The second kappa shape index (κ2) is 31.4. The molecule has 5 aliphatic heterocycles. The SMILES string of the molecule is COCC1O[C@@H](O[C@H]2C(OC)C(OC)[C@@H](O[C@H]3C(OC)C(OC)[C@@H](O[C@H]4C(COCc5ccccc5)O[C@@H](C)C(OC)[C@H]4OC)O[C@@H]3COC)O[C@@H]2COC)C(OC)[C@@H](OC)[C@H]1O[C@@H]1OC(CO)[C@H](O)[C@H](OC)C1OC. The molecule has 0 spiro atoms. The van der Waals surface area contributed by atoms with Crippen LogP contribution in [0.3, 0.4) is 0 Å². The molecule has 0 aliphatic carbocycles. The lowest BCUT2D eigenvalue weighted by Crippen LogP contribution is -2.69. The summed E-state index contributed by atoms with van der Waals surface area (Å²) in [6.45, 7) is 1.95. The smallest absolute Gasteiger partial charge is 0.187 e. The van der Waals surface area contributed by atoms with Crippen molar-refractivity contribution >= 4 is 0 Å². The van der Waals surface area contributed by atoms with Gasteiger partial charge in [0.1, 0.15) is 122 Å². The maximum Gasteiger partial charge on any atom is 0.187 e. The quantitative estimate of drug-likeness (QED) is 0.106. The first-order valence-corrected chi connectivity index (χ1v) is 25.5. The summed E-state index contributed by atoms with van der Waals surface area (Å²) in [6.07, 6.45) is -22.4. The van der Waals surface area contributed by atoms with Gasteiger partial charge in [0, 0.05) is 92.4 Å². The van der Waals surface area contributed by atoms with Gasteiger partial charge in [-0.2, -0.15) is 0 Å². The van der Waals surface area contributed by atoms with Crippen molar-refractivity contribution < 1.29 is 119 Å². The molecule has 2 N–H and O–H groups in total. The normalized spacial score (nSPS) is 42.3. The van der Waals surface area contributed by atoms with Gasteiger partial charge in [-0.05, 0) is 12.5 Å². The van der Waals surface area contributed by atoms with Crippen molar-refractivity contribution in [2.24, 2.45) is 0 Å². The topological polar surface area (TPSA) is 253 Å². The van der Waals surface area contributed by atoms with Gasteiger partial charge in [-0.15, -0.1) is 0 Å². The molecule has 76 heavy (non-hydrogen) atoms. The van der Waals surface area contributed by atoms with E-state index in [9.17, 15) is 10.2 Å². The minimum atomic E-state index is -1.21. The maximum atomic E-state index is 10.9. The van der Waals surface area contributed by atoms with Gasteiger partial charge >= 0.3 is 0 Å². The average molecular weight is 1100 g/mol. The highest BCUT2D eigenvalue weighted by molar-refractivity contribution is 5.13. The fourth-order valence-corrected chi connectivity index (χ4v) is 11.0. The van der Waals surface area contributed by atoms with Crippen LogP contribution in [0.25, 0.3) is 0 Å². The van der Waals surface area contributed by atoms with E-state index in [2.05, 4.69) is 0 Å². The second-order valence-corrected chi connectivity index (χ2v) is 19.0. The zero-order valence-corrected chi connectivity index (χ0v) is 46.3. The number of ether oxygens (including phenoxy) is 23. The Morgan fingerprint density at radius 1 is 0.368 bits per heavy atom. The zero-order valence-electron chi connectivity index (χ0n) is 46.3. The number of methoxy groups -OCH3 is 13. The maximum absolute atomic E-state index is 10.9. The third-order valence-corrected chi connectivity index (χ3v) is 14.7. The summed E-state index contributed by atoms with van der Waals surface area (Å²) in [4.78, 5) is 0. The van der Waals surface area contributed by atoms with Gasteiger partial charge in [0.15, 0.2) is 25.2 Å². The molecule has 0 amide bonds. The molecule has 5 heterocycles. The molecule has 6 rings (SSSR count). The molecule has 0 radical (unpaired) electrons. The fraction of sp³-hybridized carbons (Fsp3) is 0.882. The Bertz CT molecular complexity index is 1740. The number of rotatable bonds is 29. The molecule has 10 unspecified atom stereocenters. The van der Waals surface area contributed by atoms with E-state index in [1.54, 1.807) is 21.3 Å². The van der Waals surface area contributed by atoms with Crippen molar-refractivity contribution in [2.75, 3.05) is 125 Å². The molecule has 0 bridgehead atoms. The summed E-state index contributed by atoms with van der Waals surface area (Å²) in [6, 6.07) is 9.83. The standard InChI is InChI=1S/C51H86O25/c1-26-34(57-5)40(59-7)38(32(68-26)25-67-21-27-18-16-15-17-19-27)76-51-47(66-14)43(62-10)37(31(72-51)24-56-4)75-50-46(65-13)42(61-9)36(30(71-50)23-55-3)74-49-45(64-12)41(60-8)35(29(70-49)22-54-2)73-48-44(63-11)39(58-6)33(53)28(20-52)69-48/h15-19,26,28-53H,20-25H2,1-14H3/t26-,28?,29?,30+,31+,32?,33-,34?,35-,36+,37+,38-,39-,40+,41-,42?,43?,44?,45?,46?,47?,48-,49-,50+,51+/m0/s1. The fourth-order valence-electron chi connectivity index (χ4n) is 11.0. The molecule has 1 aromatic carbocycles. The molecule has 1 aromatic rings. The number of hydrogen-bond donors (Lipinski definition) is 2. The summed E-state index contributed by atoms with van der Waals surface area (Å²) in [5, 5.41) is 21.0. The van der Waals surface area contributed by atoms with E-state index in [-0.39, 0.29) is 32.5 Å². The van der Waals surface area contributed by atoms with E-state index >= 15 is 0 Å². The summed E-state index contributed by atoms with van der Waals surface area (Å²) in [7, 11) is 19.7. The molecular formula is C51H86O25. The molecule has 25 heteroatoms. The average Bonchev–Trinajstić information content (AvgIpc) is 3.43. The third kappa shape index (κ3) is 14.4. The van der Waals surface area contributed by atoms with Crippen molar-refractivity contribution in [2.45, 2.75) is 167 Å². The van der Waals surface area contributed by atoms with Crippen LogP contribution in [-0.4, -0.2) is 289 Å². The summed E-state index contributed by atoms with van der Waals surface area (Å²) < 4.78 is 143. The molecule has 0 aromatic heterocycles. The van der Waals surface area contributed by atoms with Crippen molar-refractivity contribution in [1.29, 1.82) is 0 Å². The van der Waals surface area contributed by atoms with Gasteiger partial charge < -0.3 is 119 Å². The van der Waals surface area contributed by atoms with Crippen LogP contribution in [0.1, 0.15) is 12.5 Å². The number of hydrogen-bond acceptors (Lipinski definition) is 25. The minimum absolute atomic E-state index is 0.00288. The van der Waals surface area contributed by atoms with E-state index in [0.29, 0.717) is 6.61 Å². The Balaban J connectivity index is 1.23. The Morgan fingerprint density at radius 2 is 0.684 bits per heavy atom. The first kappa shape index (κ1) is 63.4. The molecule has 5 aliphatic rings. The number of benzene rings is 1. The second-order valence-electron chi connectivity index (χ2n) is 19.0. The van der Waals surface area contributed by atoms with Crippen LogP contribution in [0.15, 0.2) is 30.3 Å². The summed E-state index contributed by atoms with van der Waals surface area (Å²) in [5.41, 5.74) is 1.00. The molecule has 25 atom stereocenters. The Morgan fingerprint density at radius 3 is 1.01 bits per heavy atom. The van der Waals surface area contributed by atoms with Gasteiger partial charge in [-0.1, -0.05) is 30.3 Å². The molecule has 0 saturated carbocycles. The number of aliphatic hydroxyl groups excluding tert-OH is 2. The van der Waals surface area contributed by atoms with Gasteiger partial charge in [0.2, 0.25) is 0 Å². The molecular weight excluding hydrogens is 1010 g/mol. The van der Waals surface area contributed by atoms with E-state index in [0.717, 1.165) is 5.56 Å². The highest BCUT2D eigenvalue weighted by Gasteiger charge is 2.58. The monoisotopic (exact) mass is 1100 g/mol. The van der Waals surface area contributed by atoms with Crippen LogP contribution >= 0.6 is 0 Å². The highest BCUT2D eigenvalue weighted by Crippen LogP contribution is 2.39. The Labute approximate surface area is 446 Å². The van der Waals surface area contributed by atoms with Gasteiger partial charge in [-0.3, -0.25) is 0 Å². The van der Waals surface area contributed by atoms with Crippen LogP contribution in [0, 0.1) is 0 Å². The van der Waals surface area contributed by atoms with Gasteiger partial charge in [-0.25, -0.2) is 0 Å². The van der Waals surface area contributed by atoms with Crippen molar-refractivity contribution in [3.05, 3.63) is 35.9 Å². The van der Waals surface area contributed by atoms with Gasteiger partial charge in [0.25, 0.3) is 0 Å². The Kier molecular flexibility index (Phi) is 26.2. The molecule has 5 saturated heterocycles. The van der Waals surface area contributed by atoms with Crippen molar-refractivity contribution in [1.82, 2.24) is 0 Å². The van der Waals surface area contributed by atoms with Crippen LogP contribution in [0.4, 0.5) is 0 Å². The van der Waals surface area contributed by atoms with Crippen LogP contribution in [0.2, 0.25) is 0 Å². The first-order valence-electron chi connectivity index (χ1n) is 25.5. The van der Waals surface area contributed by atoms with E-state index in [4.69, 9.17) is 109 Å². The zero-order chi connectivity index (χ0) is 55.1. The van der Waals surface area contributed by atoms with Gasteiger partial charge in [0.05, 0.1) is 45.7 Å². The number of aliphatic hydroxyl groups is 2. The minimum Gasteiger partial charge on any atom is -0.394 e. The highest BCUT2D eigenvalue weighted by atomic mass is 16.8. The lowest BCUT2D eigenvalue weighted by Gasteiger charge is -2.52. The first-order chi connectivity index (χ1) is 36.9. The molecule has 5 fully saturated rings. The van der Waals surface area contributed by atoms with E-state index < -0.39 is 154 Å². The predicted molar refractivity (Wildman–Crippen MR) is 261 cm³/mol. The third-order valence-electron chi connectivity index (χ3n) is 14.7. The van der Waals surface area contributed by atoms with E-state index in [1.807, 2.05) is 37.3 Å². The van der Waals surface area contributed by atoms with Crippen LogP contribution in [-0.2, 0) is 116 Å². The lowest BCUT2D eigenvalue weighted by atomic mass is 9.94. The largest absolute Gasteiger partial charge is 0.394 e.